The monoisotopic (exact) mass is 458 g/mol. The van der Waals surface area contributed by atoms with Gasteiger partial charge in [-0.25, -0.2) is 0 Å². The van der Waals surface area contributed by atoms with E-state index < -0.39 is 42.0 Å². The normalized spacial score (nSPS) is 27.0. The van der Waals surface area contributed by atoms with E-state index in [-0.39, 0.29) is 26.2 Å². The Labute approximate surface area is 193 Å². The van der Waals surface area contributed by atoms with Gasteiger partial charge in [-0.3, -0.25) is 9.59 Å². The molecule has 0 amide bonds. The first-order valence-corrected chi connectivity index (χ1v) is 10.8. The fourth-order valence-electron chi connectivity index (χ4n) is 4.07. The highest BCUT2D eigenvalue weighted by molar-refractivity contribution is 5.68. The highest BCUT2D eigenvalue weighted by Gasteiger charge is 2.58. The van der Waals surface area contributed by atoms with E-state index in [2.05, 4.69) is 0 Å². The van der Waals surface area contributed by atoms with Gasteiger partial charge in [-0.05, 0) is 11.1 Å². The molecule has 0 spiro atoms. The van der Waals surface area contributed by atoms with Crippen LogP contribution in [0.25, 0.3) is 0 Å². The fraction of sp³-hybridized carbons (Fsp3) is 0.440. The van der Waals surface area contributed by atoms with Crippen LogP contribution in [0.3, 0.4) is 0 Å². The standard InChI is InChI=1S/C25H30O8/c1-17(26)32-24-23(31-15-20-11-7-4-8-12-20)22(29)21(28)13-25(24,33-18(2)27)16-30-14-19-9-5-3-6-10-19/h3-12,21-24,28-29H,13-16H2,1-2H3/t21-,22-,23-,24+,25+/m1/s1. The van der Waals surface area contributed by atoms with Crippen molar-refractivity contribution in [2.45, 2.75) is 63.5 Å². The van der Waals surface area contributed by atoms with E-state index in [1.165, 1.54) is 13.8 Å². The zero-order chi connectivity index (χ0) is 23.8. The first kappa shape index (κ1) is 24.9. The zero-order valence-electron chi connectivity index (χ0n) is 18.8. The SMILES string of the molecule is CC(=O)O[C@H]1[C@H](OCc2ccccc2)[C@H](O)[C@H](O)C[C@@]1(COCc1ccccc1)OC(C)=O. The van der Waals surface area contributed by atoms with Crippen molar-refractivity contribution in [2.75, 3.05) is 6.61 Å². The molecule has 1 aliphatic carbocycles. The Morgan fingerprint density at radius 2 is 1.48 bits per heavy atom. The van der Waals surface area contributed by atoms with Crippen LogP contribution >= 0.6 is 0 Å². The van der Waals surface area contributed by atoms with Crippen LogP contribution in [-0.4, -0.2) is 58.8 Å². The second kappa shape index (κ2) is 11.4. The second-order valence-corrected chi connectivity index (χ2v) is 8.19. The van der Waals surface area contributed by atoms with E-state index in [0.29, 0.717) is 0 Å². The molecule has 0 aromatic heterocycles. The van der Waals surface area contributed by atoms with Gasteiger partial charge in [0, 0.05) is 20.3 Å². The lowest BCUT2D eigenvalue weighted by Gasteiger charge is -2.48. The van der Waals surface area contributed by atoms with Crippen molar-refractivity contribution in [3.05, 3.63) is 71.8 Å². The lowest BCUT2D eigenvalue weighted by atomic mass is 9.77. The molecule has 1 aliphatic rings. The largest absolute Gasteiger partial charge is 0.455 e. The molecule has 2 N–H and O–H groups in total. The van der Waals surface area contributed by atoms with E-state index in [9.17, 15) is 19.8 Å². The Morgan fingerprint density at radius 3 is 2.03 bits per heavy atom. The minimum atomic E-state index is -1.55. The van der Waals surface area contributed by atoms with Gasteiger partial charge in [0.2, 0.25) is 0 Å². The molecule has 33 heavy (non-hydrogen) atoms. The number of aliphatic hydroxyl groups is 2. The molecule has 2 aromatic rings. The second-order valence-electron chi connectivity index (χ2n) is 8.19. The summed E-state index contributed by atoms with van der Waals surface area (Å²) < 4.78 is 23.0. The first-order chi connectivity index (χ1) is 15.8. The molecule has 0 heterocycles. The number of esters is 2. The molecule has 1 saturated carbocycles. The average molecular weight is 459 g/mol. The van der Waals surface area contributed by atoms with Crippen molar-refractivity contribution >= 4 is 11.9 Å². The van der Waals surface area contributed by atoms with Crippen LogP contribution in [0.5, 0.6) is 0 Å². The summed E-state index contributed by atoms with van der Waals surface area (Å²) in [7, 11) is 0. The minimum absolute atomic E-state index is 0.0913. The summed E-state index contributed by atoms with van der Waals surface area (Å²) in [5.74, 6) is -1.28. The van der Waals surface area contributed by atoms with E-state index in [0.717, 1.165) is 11.1 Å². The quantitative estimate of drug-likeness (QED) is 0.550. The summed E-state index contributed by atoms with van der Waals surface area (Å²) in [5, 5.41) is 21.4. The predicted octanol–water partition coefficient (Wildman–Crippen LogP) is 2.15. The third-order valence-electron chi connectivity index (χ3n) is 5.49. The van der Waals surface area contributed by atoms with Crippen LogP contribution in [-0.2, 0) is 41.8 Å². The number of carbonyl (C=O) groups is 2. The highest BCUT2D eigenvalue weighted by Crippen LogP contribution is 2.38. The summed E-state index contributed by atoms with van der Waals surface area (Å²) in [6, 6.07) is 18.6. The van der Waals surface area contributed by atoms with Crippen LogP contribution in [0.2, 0.25) is 0 Å². The van der Waals surface area contributed by atoms with Crippen molar-refractivity contribution in [2.24, 2.45) is 0 Å². The molecule has 0 radical (unpaired) electrons. The number of hydrogen-bond donors (Lipinski definition) is 2. The summed E-state index contributed by atoms with van der Waals surface area (Å²) >= 11 is 0. The van der Waals surface area contributed by atoms with Crippen LogP contribution in [0.1, 0.15) is 31.4 Å². The van der Waals surface area contributed by atoms with Gasteiger partial charge >= 0.3 is 11.9 Å². The van der Waals surface area contributed by atoms with Gasteiger partial charge in [-0.1, -0.05) is 60.7 Å². The third-order valence-corrected chi connectivity index (χ3v) is 5.49. The molecule has 0 bridgehead atoms. The molecular weight excluding hydrogens is 428 g/mol. The Bertz CT molecular complexity index is 903. The van der Waals surface area contributed by atoms with Gasteiger partial charge in [0.05, 0.1) is 25.9 Å². The number of carbonyl (C=O) groups excluding carboxylic acids is 2. The van der Waals surface area contributed by atoms with Gasteiger partial charge in [-0.2, -0.15) is 0 Å². The van der Waals surface area contributed by atoms with Crippen molar-refractivity contribution in [3.63, 3.8) is 0 Å². The van der Waals surface area contributed by atoms with Crippen molar-refractivity contribution in [3.8, 4) is 0 Å². The Morgan fingerprint density at radius 1 is 0.909 bits per heavy atom. The molecule has 0 unspecified atom stereocenters. The van der Waals surface area contributed by atoms with Crippen LogP contribution in [0.15, 0.2) is 60.7 Å². The van der Waals surface area contributed by atoms with Gasteiger partial charge in [0.25, 0.3) is 0 Å². The third kappa shape index (κ3) is 6.61. The summed E-state index contributed by atoms with van der Waals surface area (Å²) in [4.78, 5) is 24.0. The molecule has 2 aromatic carbocycles. The maximum Gasteiger partial charge on any atom is 0.303 e. The Balaban J connectivity index is 1.87. The topological polar surface area (TPSA) is 112 Å². The molecule has 0 aliphatic heterocycles. The smallest absolute Gasteiger partial charge is 0.303 e. The summed E-state index contributed by atoms with van der Waals surface area (Å²) in [6.45, 7) is 2.57. The number of rotatable bonds is 9. The maximum absolute atomic E-state index is 12.1. The number of hydrogen-bond acceptors (Lipinski definition) is 8. The van der Waals surface area contributed by atoms with Gasteiger partial charge in [0.1, 0.15) is 12.2 Å². The fourth-order valence-corrected chi connectivity index (χ4v) is 4.07. The molecule has 0 saturated heterocycles. The lowest BCUT2D eigenvalue weighted by molar-refractivity contribution is -0.262. The van der Waals surface area contributed by atoms with Gasteiger partial charge < -0.3 is 29.2 Å². The molecule has 3 rings (SSSR count). The Kier molecular flexibility index (Phi) is 8.57. The van der Waals surface area contributed by atoms with Crippen LogP contribution in [0, 0.1) is 0 Å². The van der Waals surface area contributed by atoms with Gasteiger partial charge in [-0.15, -0.1) is 0 Å². The number of aliphatic hydroxyl groups excluding tert-OH is 2. The highest BCUT2D eigenvalue weighted by atomic mass is 16.6. The van der Waals surface area contributed by atoms with E-state index in [1.54, 1.807) is 0 Å². The molecule has 8 nitrogen and oxygen atoms in total. The van der Waals surface area contributed by atoms with E-state index in [4.69, 9.17) is 18.9 Å². The average Bonchev–Trinajstić information content (AvgIpc) is 2.78. The molecule has 5 atom stereocenters. The minimum Gasteiger partial charge on any atom is -0.455 e. The maximum atomic E-state index is 12.1. The molecule has 8 heteroatoms. The Hall–Kier alpha value is -2.78. The first-order valence-electron chi connectivity index (χ1n) is 10.8. The van der Waals surface area contributed by atoms with E-state index >= 15 is 0 Å². The predicted molar refractivity (Wildman–Crippen MR) is 118 cm³/mol. The van der Waals surface area contributed by atoms with Crippen molar-refractivity contribution in [1.29, 1.82) is 0 Å². The van der Waals surface area contributed by atoms with Gasteiger partial charge in [0.15, 0.2) is 11.7 Å². The summed E-state index contributed by atoms with van der Waals surface area (Å²) in [5.41, 5.74) is 0.171. The summed E-state index contributed by atoms with van der Waals surface area (Å²) in [6.07, 6.45) is -5.20. The van der Waals surface area contributed by atoms with Crippen molar-refractivity contribution < 1.29 is 38.7 Å². The zero-order valence-corrected chi connectivity index (χ0v) is 18.8. The lowest BCUT2D eigenvalue weighted by Crippen LogP contribution is -2.67. The molecule has 1 fully saturated rings. The van der Waals surface area contributed by atoms with Crippen molar-refractivity contribution in [1.82, 2.24) is 0 Å². The van der Waals surface area contributed by atoms with Crippen LogP contribution in [0.4, 0.5) is 0 Å². The molecule has 178 valence electrons. The molecular formula is C25H30O8. The van der Waals surface area contributed by atoms with E-state index in [1.807, 2.05) is 60.7 Å². The van der Waals surface area contributed by atoms with Crippen LogP contribution < -0.4 is 0 Å². The number of benzene rings is 2. The number of ether oxygens (including phenoxy) is 4.